The van der Waals surface area contributed by atoms with Gasteiger partial charge in [0.2, 0.25) is 0 Å². The predicted octanol–water partition coefficient (Wildman–Crippen LogP) is 3.12. The molecule has 0 saturated carbocycles. The molecule has 0 aromatic heterocycles. The fourth-order valence-corrected chi connectivity index (χ4v) is 5.51. The molecule has 2 heterocycles. The Balaban J connectivity index is 1.34. The topological polar surface area (TPSA) is 90.9 Å². The molecule has 0 atom stereocenters. The van der Waals surface area contributed by atoms with Crippen molar-refractivity contribution in [1.82, 2.24) is 15.5 Å². The van der Waals surface area contributed by atoms with Crippen molar-refractivity contribution in [2.75, 3.05) is 13.1 Å². The van der Waals surface area contributed by atoms with Crippen LogP contribution in [-0.4, -0.2) is 44.3 Å². The largest absolute Gasteiger partial charge is 0.356 e. The Hall–Kier alpha value is -3.13. The van der Waals surface area contributed by atoms with E-state index in [1.165, 1.54) is 0 Å². The molecule has 7 nitrogen and oxygen atoms in total. The summed E-state index contributed by atoms with van der Waals surface area (Å²) >= 11 is 0. The van der Waals surface area contributed by atoms with Gasteiger partial charge in [-0.2, -0.15) is 8.42 Å². The van der Waals surface area contributed by atoms with Gasteiger partial charge in [-0.25, -0.2) is 4.79 Å². The van der Waals surface area contributed by atoms with Crippen molar-refractivity contribution < 1.29 is 13.2 Å². The summed E-state index contributed by atoms with van der Waals surface area (Å²) in [6, 6.07) is 18.7. The third-order valence-electron chi connectivity index (χ3n) is 5.60. The molecule has 2 aliphatic rings. The van der Waals surface area contributed by atoms with Crippen molar-refractivity contribution >= 4 is 26.8 Å². The molecule has 2 amide bonds. The maximum atomic E-state index is 12.7. The number of rotatable bonds is 4. The Bertz CT molecular complexity index is 1100. The molecular formula is C23H26N4O3S. The summed E-state index contributed by atoms with van der Waals surface area (Å²) in [6.07, 6.45) is 1.46. The zero-order valence-electron chi connectivity index (χ0n) is 17.4. The summed E-state index contributed by atoms with van der Waals surface area (Å²) in [4.78, 5) is 14.5. The molecule has 0 unspecified atom stereocenters. The number of amides is 2. The van der Waals surface area contributed by atoms with Gasteiger partial charge in [-0.1, -0.05) is 60.7 Å². The minimum atomic E-state index is -3.71. The number of nitrogens with one attached hydrogen (secondary N) is 2. The zero-order chi connectivity index (χ0) is 21.8. The molecule has 162 valence electrons. The lowest BCUT2D eigenvalue weighted by Gasteiger charge is -2.33. The highest BCUT2D eigenvalue weighted by atomic mass is 32.2. The SMILES string of the molecule is CC1=C(c2ccccc2)S(=O)(=O)N=C1N1CCC(NC(=O)NCc2ccccc2)CC1. The maximum absolute atomic E-state index is 12.7. The van der Waals surface area contributed by atoms with Crippen molar-refractivity contribution in [2.24, 2.45) is 4.40 Å². The fourth-order valence-electron chi connectivity index (χ4n) is 4.02. The number of benzene rings is 2. The van der Waals surface area contributed by atoms with Gasteiger partial charge in [-0.3, -0.25) is 0 Å². The van der Waals surface area contributed by atoms with Gasteiger partial charge >= 0.3 is 6.03 Å². The maximum Gasteiger partial charge on any atom is 0.315 e. The molecule has 8 heteroatoms. The molecular weight excluding hydrogens is 412 g/mol. The molecule has 0 radical (unpaired) electrons. The first-order chi connectivity index (χ1) is 14.9. The lowest BCUT2D eigenvalue weighted by atomic mass is 10.0. The number of carbonyl (C=O) groups excluding carboxylic acids is 1. The number of sulfonamides is 1. The van der Waals surface area contributed by atoms with Crippen molar-refractivity contribution in [2.45, 2.75) is 32.4 Å². The molecule has 31 heavy (non-hydrogen) atoms. The second kappa shape index (κ2) is 8.93. The van der Waals surface area contributed by atoms with Crippen LogP contribution in [0, 0.1) is 0 Å². The molecule has 0 aliphatic carbocycles. The number of urea groups is 1. The Morgan fingerprint density at radius 1 is 1.03 bits per heavy atom. The van der Waals surface area contributed by atoms with E-state index in [0.29, 0.717) is 36.6 Å². The Labute approximate surface area is 182 Å². The Kier molecular flexibility index (Phi) is 6.08. The molecule has 2 aliphatic heterocycles. The van der Waals surface area contributed by atoms with Crippen LogP contribution in [0.1, 0.15) is 30.9 Å². The average molecular weight is 439 g/mol. The third kappa shape index (κ3) is 4.80. The molecule has 0 bridgehead atoms. The van der Waals surface area contributed by atoms with E-state index in [2.05, 4.69) is 15.0 Å². The van der Waals surface area contributed by atoms with Crippen molar-refractivity contribution in [3.63, 3.8) is 0 Å². The number of likely N-dealkylation sites (tertiary alicyclic amines) is 1. The molecule has 2 aromatic rings. The minimum absolute atomic E-state index is 0.0449. The fraction of sp³-hybridized carbons (Fsp3) is 0.304. The third-order valence-corrected chi connectivity index (χ3v) is 7.07. The summed E-state index contributed by atoms with van der Waals surface area (Å²) in [5, 5.41) is 5.90. The summed E-state index contributed by atoms with van der Waals surface area (Å²) < 4.78 is 29.4. The van der Waals surface area contributed by atoms with E-state index >= 15 is 0 Å². The first-order valence-electron chi connectivity index (χ1n) is 10.4. The van der Waals surface area contributed by atoms with Crippen molar-refractivity contribution in [3.05, 3.63) is 77.4 Å². The zero-order valence-corrected chi connectivity index (χ0v) is 18.2. The van der Waals surface area contributed by atoms with Crippen LogP contribution in [0.25, 0.3) is 4.91 Å². The van der Waals surface area contributed by atoms with Crippen LogP contribution in [-0.2, 0) is 16.6 Å². The van der Waals surface area contributed by atoms with Crippen LogP contribution >= 0.6 is 0 Å². The van der Waals surface area contributed by atoms with Gasteiger partial charge in [0.25, 0.3) is 10.0 Å². The van der Waals surface area contributed by atoms with E-state index in [4.69, 9.17) is 0 Å². The van der Waals surface area contributed by atoms with Crippen LogP contribution in [0.4, 0.5) is 4.79 Å². The summed E-state index contributed by atoms with van der Waals surface area (Å²) in [5.74, 6) is 0.519. The number of piperidine rings is 1. The second-order valence-corrected chi connectivity index (χ2v) is 9.33. The first kappa shape index (κ1) is 21.1. The van der Waals surface area contributed by atoms with Gasteiger partial charge in [0.05, 0.1) is 0 Å². The quantitative estimate of drug-likeness (QED) is 0.767. The first-order valence-corrected chi connectivity index (χ1v) is 11.8. The van der Waals surface area contributed by atoms with E-state index in [9.17, 15) is 13.2 Å². The van der Waals surface area contributed by atoms with Gasteiger partial charge in [-0.15, -0.1) is 4.40 Å². The standard InChI is InChI=1S/C23H26N4O3S/c1-17-21(19-10-6-3-7-11-19)31(29,30)26-22(17)27-14-12-20(13-15-27)25-23(28)24-16-18-8-4-2-5-9-18/h2-11,20H,12-16H2,1H3,(H2,24,25,28). The number of carbonyl (C=O) groups is 1. The molecule has 1 fully saturated rings. The van der Waals surface area contributed by atoms with Gasteiger partial charge in [-0.05, 0) is 30.9 Å². The summed E-state index contributed by atoms with van der Waals surface area (Å²) in [5.41, 5.74) is 2.38. The van der Waals surface area contributed by atoms with Crippen LogP contribution in [0.5, 0.6) is 0 Å². The number of hydrogen-bond acceptors (Lipinski definition) is 4. The predicted molar refractivity (Wildman–Crippen MR) is 122 cm³/mol. The lowest BCUT2D eigenvalue weighted by molar-refractivity contribution is 0.226. The molecule has 4 rings (SSSR count). The highest BCUT2D eigenvalue weighted by Crippen LogP contribution is 2.34. The van der Waals surface area contributed by atoms with Crippen LogP contribution in [0.15, 0.2) is 70.6 Å². The van der Waals surface area contributed by atoms with Gasteiger partial charge < -0.3 is 15.5 Å². The van der Waals surface area contributed by atoms with Crippen molar-refractivity contribution in [1.29, 1.82) is 0 Å². The average Bonchev–Trinajstić information content (AvgIpc) is 3.02. The van der Waals surface area contributed by atoms with Gasteiger partial charge in [0, 0.05) is 31.2 Å². The van der Waals surface area contributed by atoms with Gasteiger partial charge in [0.1, 0.15) is 10.7 Å². The monoisotopic (exact) mass is 438 g/mol. The Morgan fingerprint density at radius 3 is 2.29 bits per heavy atom. The van der Waals surface area contributed by atoms with Gasteiger partial charge in [0.15, 0.2) is 0 Å². The lowest BCUT2D eigenvalue weighted by Crippen LogP contribution is -2.49. The minimum Gasteiger partial charge on any atom is -0.356 e. The number of amidine groups is 1. The van der Waals surface area contributed by atoms with E-state index in [0.717, 1.165) is 18.4 Å². The second-order valence-electron chi connectivity index (χ2n) is 7.78. The van der Waals surface area contributed by atoms with Crippen LogP contribution in [0.2, 0.25) is 0 Å². The highest BCUT2D eigenvalue weighted by Gasteiger charge is 2.34. The number of nitrogens with zero attached hydrogens (tertiary/aromatic N) is 2. The highest BCUT2D eigenvalue weighted by molar-refractivity contribution is 8.00. The van der Waals surface area contributed by atoms with E-state index in [1.54, 1.807) is 12.1 Å². The molecule has 1 saturated heterocycles. The summed E-state index contributed by atoms with van der Waals surface area (Å²) in [6.45, 7) is 3.56. The smallest absolute Gasteiger partial charge is 0.315 e. The molecule has 2 N–H and O–H groups in total. The Morgan fingerprint density at radius 2 is 1.65 bits per heavy atom. The normalized spacial score (nSPS) is 18.6. The van der Waals surface area contributed by atoms with Crippen LogP contribution in [0.3, 0.4) is 0 Å². The number of hydrogen-bond donors (Lipinski definition) is 2. The summed E-state index contributed by atoms with van der Waals surface area (Å²) in [7, 11) is -3.71. The van der Waals surface area contributed by atoms with E-state index in [-0.39, 0.29) is 17.0 Å². The van der Waals surface area contributed by atoms with E-state index < -0.39 is 10.0 Å². The molecule has 2 aromatic carbocycles. The van der Waals surface area contributed by atoms with Crippen molar-refractivity contribution in [3.8, 4) is 0 Å². The van der Waals surface area contributed by atoms with E-state index in [1.807, 2.05) is 60.4 Å². The molecule has 0 spiro atoms. The van der Waals surface area contributed by atoms with Crippen LogP contribution < -0.4 is 10.6 Å².